The number of halogens is 1. The van der Waals surface area contributed by atoms with Gasteiger partial charge in [-0.15, -0.1) is 0 Å². The van der Waals surface area contributed by atoms with Gasteiger partial charge in [-0.2, -0.15) is 0 Å². The molecule has 1 fully saturated rings. The molecule has 0 atom stereocenters. The molecule has 4 rings (SSSR count). The van der Waals surface area contributed by atoms with E-state index >= 15 is 0 Å². The highest BCUT2D eigenvalue weighted by Gasteiger charge is 2.50. The molecule has 1 heterocycles. The van der Waals surface area contributed by atoms with Crippen molar-refractivity contribution in [2.45, 2.75) is 51.2 Å². The Hall–Kier alpha value is -2.81. The molecule has 2 aromatic carbocycles. The first-order chi connectivity index (χ1) is 16.7. The zero-order chi connectivity index (χ0) is 25.1. The van der Waals surface area contributed by atoms with Gasteiger partial charge in [0.2, 0.25) is 6.79 Å². The van der Waals surface area contributed by atoms with Crippen molar-refractivity contribution in [1.29, 1.82) is 0 Å². The summed E-state index contributed by atoms with van der Waals surface area (Å²) in [5, 5.41) is 2.79. The summed E-state index contributed by atoms with van der Waals surface area (Å²) >= 11 is 2.28. The van der Waals surface area contributed by atoms with E-state index in [1.54, 1.807) is 6.08 Å². The van der Waals surface area contributed by atoms with E-state index in [0.717, 1.165) is 45.3 Å². The molecule has 184 valence electrons. The third-order valence-corrected chi connectivity index (χ3v) is 6.42. The van der Waals surface area contributed by atoms with Gasteiger partial charge in [0.05, 0.1) is 5.41 Å². The summed E-state index contributed by atoms with van der Waals surface area (Å²) < 4.78 is 17.1. The SMILES string of the molecule is CC(C)(C)OC(=O)NCc1cccc(C(=CC(=O)C2(c3ccc4c(c3)OCO4)CC2)/C=C\CI)c1. The van der Waals surface area contributed by atoms with Crippen LogP contribution in [-0.4, -0.2) is 28.7 Å². The van der Waals surface area contributed by atoms with Crippen LogP contribution in [-0.2, 0) is 21.5 Å². The molecule has 1 aliphatic carbocycles. The summed E-state index contributed by atoms with van der Waals surface area (Å²) in [6.07, 6.45) is 6.93. The molecule has 0 aromatic heterocycles. The molecule has 1 amide bonds. The highest BCUT2D eigenvalue weighted by molar-refractivity contribution is 14.1. The van der Waals surface area contributed by atoms with Gasteiger partial charge in [0, 0.05) is 11.0 Å². The van der Waals surface area contributed by atoms with Crippen LogP contribution >= 0.6 is 22.6 Å². The third kappa shape index (κ3) is 6.25. The van der Waals surface area contributed by atoms with Crippen LogP contribution in [0.1, 0.15) is 50.3 Å². The molecule has 2 aliphatic rings. The number of amides is 1. The van der Waals surface area contributed by atoms with Crippen LogP contribution in [0.5, 0.6) is 11.5 Å². The van der Waals surface area contributed by atoms with Gasteiger partial charge in [0.25, 0.3) is 0 Å². The number of benzene rings is 2. The number of hydrogen-bond acceptors (Lipinski definition) is 5. The number of ether oxygens (including phenoxy) is 3. The van der Waals surface area contributed by atoms with Gasteiger partial charge in [0.15, 0.2) is 17.3 Å². The summed E-state index contributed by atoms with van der Waals surface area (Å²) in [7, 11) is 0. The van der Waals surface area contributed by atoms with E-state index in [9.17, 15) is 9.59 Å². The summed E-state index contributed by atoms with van der Waals surface area (Å²) in [5.74, 6) is 1.50. The first kappa shape index (κ1) is 25.3. The number of hydrogen-bond donors (Lipinski definition) is 1. The number of carbonyl (C=O) groups is 2. The molecule has 0 spiro atoms. The first-order valence-corrected chi connectivity index (χ1v) is 13.2. The van der Waals surface area contributed by atoms with Crippen molar-refractivity contribution in [2.75, 3.05) is 11.2 Å². The molecule has 0 radical (unpaired) electrons. The number of ketones is 1. The number of alkyl halides is 1. The molecule has 0 unspecified atom stereocenters. The van der Waals surface area contributed by atoms with Crippen molar-refractivity contribution < 1.29 is 23.8 Å². The van der Waals surface area contributed by atoms with Crippen LogP contribution in [0.4, 0.5) is 4.79 Å². The fourth-order valence-electron chi connectivity index (χ4n) is 4.02. The van der Waals surface area contributed by atoms with Crippen LogP contribution in [0.25, 0.3) is 5.57 Å². The van der Waals surface area contributed by atoms with Gasteiger partial charge in [-0.05, 0) is 80.2 Å². The van der Waals surface area contributed by atoms with Crippen LogP contribution in [0.2, 0.25) is 0 Å². The van der Waals surface area contributed by atoms with Gasteiger partial charge < -0.3 is 19.5 Å². The van der Waals surface area contributed by atoms with Gasteiger partial charge in [0.1, 0.15) is 5.60 Å². The summed E-state index contributed by atoms with van der Waals surface area (Å²) in [6.45, 7) is 6.04. The summed E-state index contributed by atoms with van der Waals surface area (Å²) in [5.41, 5.74) is 2.59. The minimum Gasteiger partial charge on any atom is -0.454 e. The van der Waals surface area contributed by atoms with Crippen molar-refractivity contribution in [2.24, 2.45) is 0 Å². The maximum atomic E-state index is 13.5. The van der Waals surface area contributed by atoms with Crippen molar-refractivity contribution in [3.05, 3.63) is 77.4 Å². The Bertz CT molecular complexity index is 1170. The molecule has 2 aromatic rings. The highest BCUT2D eigenvalue weighted by Crippen LogP contribution is 2.51. The van der Waals surface area contributed by atoms with Crippen LogP contribution < -0.4 is 14.8 Å². The number of allylic oxidation sites excluding steroid dienone is 4. The van der Waals surface area contributed by atoms with Crippen molar-refractivity contribution in [3.63, 3.8) is 0 Å². The van der Waals surface area contributed by atoms with E-state index in [1.165, 1.54) is 0 Å². The topological polar surface area (TPSA) is 73.9 Å². The zero-order valence-corrected chi connectivity index (χ0v) is 22.4. The number of nitrogens with one attached hydrogen (secondary N) is 1. The second-order valence-corrected chi connectivity index (χ2v) is 10.6. The molecule has 0 saturated heterocycles. The summed E-state index contributed by atoms with van der Waals surface area (Å²) in [6, 6.07) is 13.6. The minimum atomic E-state index is -0.552. The van der Waals surface area contributed by atoms with E-state index < -0.39 is 17.1 Å². The van der Waals surface area contributed by atoms with E-state index in [1.807, 2.05) is 75.4 Å². The smallest absolute Gasteiger partial charge is 0.407 e. The standard InChI is InChI=1S/C28H30INO5/c1-27(2,3)35-26(32)30-17-19-6-4-7-20(14-19)21(8-5-13-29)15-25(31)28(11-12-28)22-9-10-23-24(16-22)34-18-33-23/h4-10,14-16H,11-13,17-18H2,1-3H3,(H,30,32)/b8-5-,21-15?. The van der Waals surface area contributed by atoms with E-state index in [2.05, 4.69) is 27.9 Å². The van der Waals surface area contributed by atoms with Gasteiger partial charge in [-0.25, -0.2) is 4.79 Å². The van der Waals surface area contributed by atoms with Crippen LogP contribution in [0.15, 0.2) is 60.7 Å². The lowest BCUT2D eigenvalue weighted by Crippen LogP contribution is -2.32. The number of alkyl carbamates (subject to hydrolysis) is 1. The highest BCUT2D eigenvalue weighted by atomic mass is 127. The van der Waals surface area contributed by atoms with Crippen LogP contribution in [0, 0.1) is 0 Å². The van der Waals surface area contributed by atoms with E-state index in [-0.39, 0.29) is 12.6 Å². The Kier molecular flexibility index (Phi) is 7.54. The fourth-order valence-corrected chi connectivity index (χ4v) is 4.28. The molecule has 7 heteroatoms. The molecular formula is C28H30INO5. The third-order valence-electron chi connectivity index (χ3n) is 5.92. The predicted octanol–water partition coefficient (Wildman–Crippen LogP) is 6.12. The quantitative estimate of drug-likeness (QED) is 0.175. The molecular weight excluding hydrogens is 557 g/mol. The second kappa shape index (κ2) is 10.4. The Morgan fingerprint density at radius 1 is 1.11 bits per heavy atom. The largest absolute Gasteiger partial charge is 0.454 e. The van der Waals surface area contributed by atoms with Gasteiger partial charge in [-0.1, -0.05) is 59.0 Å². The van der Waals surface area contributed by atoms with Gasteiger partial charge >= 0.3 is 6.09 Å². The fraction of sp³-hybridized carbons (Fsp3) is 0.357. The van der Waals surface area contributed by atoms with E-state index in [0.29, 0.717) is 12.3 Å². The maximum Gasteiger partial charge on any atom is 0.407 e. The molecule has 35 heavy (non-hydrogen) atoms. The molecule has 1 N–H and O–H groups in total. The average Bonchev–Trinajstić information content (AvgIpc) is 3.50. The monoisotopic (exact) mass is 587 g/mol. The van der Waals surface area contributed by atoms with E-state index in [4.69, 9.17) is 14.2 Å². The molecule has 0 bridgehead atoms. The first-order valence-electron chi connectivity index (χ1n) is 11.7. The Balaban J connectivity index is 1.55. The maximum absolute atomic E-state index is 13.5. The average molecular weight is 587 g/mol. The lowest BCUT2D eigenvalue weighted by atomic mass is 9.89. The van der Waals surface area contributed by atoms with Gasteiger partial charge in [-0.3, -0.25) is 4.79 Å². The molecule has 1 saturated carbocycles. The van der Waals surface area contributed by atoms with Crippen molar-refractivity contribution in [3.8, 4) is 11.5 Å². The molecule has 1 aliphatic heterocycles. The lowest BCUT2D eigenvalue weighted by Gasteiger charge is -2.19. The van der Waals surface area contributed by atoms with Crippen molar-refractivity contribution in [1.82, 2.24) is 5.32 Å². The summed E-state index contributed by atoms with van der Waals surface area (Å²) in [4.78, 5) is 25.6. The minimum absolute atomic E-state index is 0.0850. The lowest BCUT2D eigenvalue weighted by molar-refractivity contribution is -0.116. The van der Waals surface area contributed by atoms with Crippen molar-refractivity contribution >= 4 is 40.0 Å². The zero-order valence-electron chi connectivity index (χ0n) is 20.2. The number of carbonyl (C=O) groups excluding carboxylic acids is 2. The number of rotatable bonds is 8. The normalized spacial score (nSPS) is 16.3. The Morgan fingerprint density at radius 2 is 1.89 bits per heavy atom. The Morgan fingerprint density at radius 3 is 2.60 bits per heavy atom. The second-order valence-electron chi connectivity index (χ2n) is 9.73. The van der Waals surface area contributed by atoms with Crippen LogP contribution in [0.3, 0.4) is 0 Å². The molecule has 6 nitrogen and oxygen atoms in total. The Labute approximate surface area is 219 Å². The predicted molar refractivity (Wildman–Crippen MR) is 144 cm³/mol. The number of fused-ring (bicyclic) bond motifs is 1.